The SMILES string of the molecule is CN(CC1CCCCC1Cl)C(=O)C(CC1=CNC2CCCCC12)NC(=O)C1C[C@@H](O)CN1C(=O)C1CC(O)C2CCCCC2N1. The van der Waals surface area contributed by atoms with Gasteiger partial charge in [-0.3, -0.25) is 14.4 Å². The van der Waals surface area contributed by atoms with Crippen molar-refractivity contribution in [3.63, 3.8) is 0 Å². The van der Waals surface area contributed by atoms with Crippen LogP contribution in [0.25, 0.3) is 0 Å². The van der Waals surface area contributed by atoms with Gasteiger partial charge in [-0.2, -0.15) is 0 Å². The second-order valence-electron chi connectivity index (χ2n) is 14.9. The molecule has 2 saturated heterocycles. The molecule has 0 radical (unpaired) electrons. The van der Waals surface area contributed by atoms with Gasteiger partial charge in [-0.1, -0.05) is 38.5 Å². The molecule has 6 aliphatic rings. The largest absolute Gasteiger partial charge is 0.393 e. The number of fused-ring (bicyclic) bond motifs is 2. The number of likely N-dealkylation sites (tertiary alicyclic amines) is 1. The highest BCUT2D eigenvalue weighted by Crippen LogP contribution is 2.37. The van der Waals surface area contributed by atoms with Crippen LogP contribution in [0.1, 0.15) is 96.3 Å². The number of carbonyl (C=O) groups excluding carboxylic acids is 3. The van der Waals surface area contributed by atoms with Crippen molar-refractivity contribution in [2.24, 2.45) is 17.8 Å². The first-order chi connectivity index (χ1) is 21.7. The number of halogens is 1. The first kappa shape index (κ1) is 33.0. The van der Waals surface area contributed by atoms with Crippen LogP contribution in [-0.4, -0.2) is 106 Å². The van der Waals surface area contributed by atoms with Crippen molar-refractivity contribution in [1.82, 2.24) is 25.8 Å². The fraction of sp³-hybridized carbons (Fsp3) is 0.853. The van der Waals surface area contributed by atoms with Crippen molar-refractivity contribution in [3.05, 3.63) is 11.8 Å². The molecule has 3 saturated carbocycles. The minimum Gasteiger partial charge on any atom is -0.393 e. The van der Waals surface area contributed by atoms with E-state index in [1.807, 2.05) is 0 Å². The molecule has 3 aliphatic heterocycles. The number of piperidine rings is 1. The summed E-state index contributed by atoms with van der Waals surface area (Å²) in [5.74, 6) is -0.0665. The Bertz CT molecular complexity index is 1120. The van der Waals surface area contributed by atoms with E-state index in [1.165, 1.54) is 16.9 Å². The lowest BCUT2D eigenvalue weighted by atomic mass is 9.75. The fourth-order valence-electron chi connectivity index (χ4n) is 9.33. The molecule has 3 heterocycles. The Morgan fingerprint density at radius 1 is 1.00 bits per heavy atom. The van der Waals surface area contributed by atoms with Crippen LogP contribution in [0.4, 0.5) is 0 Å². The van der Waals surface area contributed by atoms with Crippen LogP contribution < -0.4 is 16.0 Å². The molecule has 252 valence electrons. The average molecular weight is 648 g/mol. The summed E-state index contributed by atoms with van der Waals surface area (Å²) in [6, 6.07) is -1.78. The molecule has 10 nitrogen and oxygen atoms in total. The molecule has 11 heteroatoms. The number of aliphatic hydroxyl groups excluding tert-OH is 2. The van der Waals surface area contributed by atoms with E-state index in [2.05, 4.69) is 22.2 Å². The van der Waals surface area contributed by atoms with Gasteiger partial charge in [0.15, 0.2) is 0 Å². The standard InChI is InChI=1S/C34H54ClN5O5/c1-39(18-20-8-2-5-11-25(20)35)33(44)28(14-21-17-36-26-12-6-3-9-23(21)26)38-32(43)30-15-22(41)19-40(30)34(45)29-16-31(42)24-10-4-7-13-27(24)37-29/h17,20,22-31,36-37,41-42H,2-16,18-19H2,1H3,(H,38,43)/t20?,22-,23?,24?,25?,26?,27?,28?,29?,30?,31?/m1/s1. The molecule has 11 atom stereocenters. The van der Waals surface area contributed by atoms with Crippen molar-refractivity contribution in [3.8, 4) is 0 Å². The maximum Gasteiger partial charge on any atom is 0.245 e. The minimum atomic E-state index is -0.875. The predicted octanol–water partition coefficient (Wildman–Crippen LogP) is 2.41. The molecule has 3 aliphatic carbocycles. The summed E-state index contributed by atoms with van der Waals surface area (Å²) in [5, 5.41) is 31.6. The molecule has 0 aromatic heterocycles. The minimum absolute atomic E-state index is 0.0436. The van der Waals surface area contributed by atoms with Crippen molar-refractivity contribution >= 4 is 29.3 Å². The molecule has 10 unspecified atom stereocenters. The number of hydrogen-bond acceptors (Lipinski definition) is 7. The zero-order valence-corrected chi connectivity index (χ0v) is 27.6. The molecule has 0 bridgehead atoms. The van der Waals surface area contributed by atoms with Gasteiger partial charge in [0, 0.05) is 55.9 Å². The Morgan fingerprint density at radius 2 is 1.71 bits per heavy atom. The second-order valence-corrected chi connectivity index (χ2v) is 15.5. The Labute approximate surface area is 273 Å². The summed E-state index contributed by atoms with van der Waals surface area (Å²) in [6.07, 6.45) is 14.3. The summed E-state index contributed by atoms with van der Waals surface area (Å²) < 4.78 is 0. The van der Waals surface area contributed by atoms with Gasteiger partial charge in [-0.15, -0.1) is 11.6 Å². The number of aliphatic hydroxyl groups is 2. The van der Waals surface area contributed by atoms with E-state index in [9.17, 15) is 24.6 Å². The number of β-amino-alcohol motifs (C(OH)–C–C–N with tert-alkyl or cyclic N) is 1. The summed E-state index contributed by atoms with van der Waals surface area (Å²) in [6.45, 7) is 0.614. The van der Waals surface area contributed by atoms with Crippen molar-refractivity contribution < 1.29 is 24.6 Å². The molecular formula is C34H54ClN5O5. The van der Waals surface area contributed by atoms with Crippen LogP contribution in [0.15, 0.2) is 11.8 Å². The summed E-state index contributed by atoms with van der Waals surface area (Å²) >= 11 is 6.66. The number of hydrogen-bond donors (Lipinski definition) is 5. The molecule has 45 heavy (non-hydrogen) atoms. The lowest BCUT2D eigenvalue weighted by molar-refractivity contribution is -0.144. The molecule has 0 aromatic rings. The smallest absolute Gasteiger partial charge is 0.245 e. The van der Waals surface area contributed by atoms with E-state index < -0.39 is 36.2 Å². The van der Waals surface area contributed by atoms with E-state index in [0.29, 0.717) is 31.3 Å². The van der Waals surface area contributed by atoms with Crippen LogP contribution in [0, 0.1) is 17.8 Å². The molecule has 6 rings (SSSR count). The topological polar surface area (TPSA) is 134 Å². The van der Waals surface area contributed by atoms with Crippen LogP contribution in [0.3, 0.4) is 0 Å². The predicted molar refractivity (Wildman–Crippen MR) is 172 cm³/mol. The highest BCUT2D eigenvalue weighted by molar-refractivity contribution is 6.20. The summed E-state index contributed by atoms with van der Waals surface area (Å²) in [7, 11) is 1.80. The molecule has 3 amide bonds. The number of amides is 3. The number of rotatable bonds is 8. The third-order valence-corrected chi connectivity index (χ3v) is 12.4. The van der Waals surface area contributed by atoms with Crippen LogP contribution >= 0.6 is 11.6 Å². The van der Waals surface area contributed by atoms with Gasteiger partial charge in [-0.05, 0) is 69.1 Å². The highest BCUT2D eigenvalue weighted by Gasteiger charge is 2.46. The fourth-order valence-corrected chi connectivity index (χ4v) is 9.69. The van der Waals surface area contributed by atoms with Gasteiger partial charge < -0.3 is 36.0 Å². The Morgan fingerprint density at radius 3 is 2.51 bits per heavy atom. The van der Waals surface area contributed by atoms with E-state index in [4.69, 9.17) is 11.6 Å². The van der Waals surface area contributed by atoms with Crippen molar-refractivity contribution in [2.75, 3.05) is 20.1 Å². The van der Waals surface area contributed by atoms with Gasteiger partial charge in [0.25, 0.3) is 0 Å². The monoisotopic (exact) mass is 647 g/mol. The second kappa shape index (κ2) is 14.5. The normalized spacial score (nSPS) is 38.8. The maximum absolute atomic E-state index is 14.1. The lowest BCUT2D eigenvalue weighted by Gasteiger charge is -2.44. The molecule has 0 aromatic carbocycles. The Hall–Kier alpha value is -1.88. The third-order valence-electron chi connectivity index (χ3n) is 11.8. The lowest BCUT2D eigenvalue weighted by Crippen LogP contribution is -2.61. The summed E-state index contributed by atoms with van der Waals surface area (Å²) in [4.78, 5) is 45.1. The van der Waals surface area contributed by atoms with E-state index in [-0.39, 0.29) is 48.0 Å². The van der Waals surface area contributed by atoms with E-state index in [0.717, 1.165) is 70.6 Å². The van der Waals surface area contributed by atoms with Gasteiger partial charge in [-0.25, -0.2) is 0 Å². The maximum atomic E-state index is 14.1. The average Bonchev–Trinajstić information content (AvgIpc) is 3.64. The molecule has 5 N–H and O–H groups in total. The van der Waals surface area contributed by atoms with Gasteiger partial charge in [0.1, 0.15) is 12.1 Å². The third kappa shape index (κ3) is 7.34. The number of nitrogens with zero attached hydrogens (tertiary/aromatic N) is 2. The first-order valence-corrected chi connectivity index (χ1v) is 18.2. The van der Waals surface area contributed by atoms with Crippen molar-refractivity contribution in [1.29, 1.82) is 0 Å². The Balaban J connectivity index is 1.16. The zero-order valence-electron chi connectivity index (χ0n) is 26.8. The zero-order chi connectivity index (χ0) is 31.7. The first-order valence-electron chi connectivity index (χ1n) is 17.8. The van der Waals surface area contributed by atoms with E-state index >= 15 is 0 Å². The van der Waals surface area contributed by atoms with Crippen LogP contribution in [0.5, 0.6) is 0 Å². The number of nitrogens with one attached hydrogen (secondary N) is 3. The van der Waals surface area contributed by atoms with Crippen LogP contribution in [-0.2, 0) is 14.4 Å². The quantitative estimate of drug-likeness (QED) is 0.256. The van der Waals surface area contributed by atoms with Gasteiger partial charge in [0.2, 0.25) is 17.7 Å². The van der Waals surface area contributed by atoms with Crippen molar-refractivity contribution in [2.45, 2.75) is 144 Å². The summed E-state index contributed by atoms with van der Waals surface area (Å²) in [5.41, 5.74) is 1.17. The van der Waals surface area contributed by atoms with Gasteiger partial charge >= 0.3 is 0 Å². The number of likely N-dealkylation sites (N-methyl/N-ethyl adjacent to an activating group) is 1. The number of alkyl halides is 1. The van der Waals surface area contributed by atoms with Crippen LogP contribution in [0.2, 0.25) is 0 Å². The molecular weight excluding hydrogens is 594 g/mol. The molecule has 5 fully saturated rings. The molecule has 0 spiro atoms. The van der Waals surface area contributed by atoms with Gasteiger partial charge in [0.05, 0.1) is 18.2 Å². The Kier molecular flexibility index (Phi) is 10.6. The number of carbonyl (C=O) groups is 3. The highest BCUT2D eigenvalue weighted by atomic mass is 35.5. The van der Waals surface area contributed by atoms with E-state index in [1.54, 1.807) is 11.9 Å².